The summed E-state index contributed by atoms with van der Waals surface area (Å²) in [5.74, 6) is 0.374. The normalized spacial score (nSPS) is 12.3. The Balaban J connectivity index is 2.29. The highest BCUT2D eigenvalue weighted by molar-refractivity contribution is 9.10. The molecule has 17 heavy (non-hydrogen) atoms. The molecule has 0 saturated carbocycles. The average molecular weight is 307 g/mol. The lowest BCUT2D eigenvalue weighted by atomic mass is 10.2. The van der Waals surface area contributed by atoms with E-state index in [9.17, 15) is 13.2 Å². The topological polar surface area (TPSA) is 28.7 Å². The summed E-state index contributed by atoms with van der Waals surface area (Å²) in [5.41, 5.74) is 2.42. The van der Waals surface area contributed by atoms with Gasteiger partial charge in [-0.15, -0.1) is 0 Å². The molecule has 0 radical (unpaired) electrons. The first-order chi connectivity index (χ1) is 7.85. The van der Waals surface area contributed by atoms with Crippen LogP contribution in [0.4, 0.5) is 13.2 Å². The highest BCUT2D eigenvalue weighted by Crippen LogP contribution is 2.25. The minimum absolute atomic E-state index is 0.116. The van der Waals surface area contributed by atoms with Crippen LogP contribution < -0.4 is 0 Å². The van der Waals surface area contributed by atoms with Crippen molar-refractivity contribution in [1.29, 1.82) is 0 Å². The number of aromatic nitrogens is 2. The molecule has 0 fully saturated rings. The largest absolute Gasteiger partial charge is 0.389 e. The first-order valence-electron chi connectivity index (χ1n) is 5.06. The van der Waals surface area contributed by atoms with Crippen LogP contribution in [0.1, 0.15) is 17.8 Å². The summed E-state index contributed by atoms with van der Waals surface area (Å²) >= 11 is 3.34. The molecule has 2 nitrogen and oxygen atoms in total. The van der Waals surface area contributed by atoms with E-state index in [1.807, 2.05) is 19.1 Å². The van der Waals surface area contributed by atoms with Crippen molar-refractivity contribution in [2.45, 2.75) is 25.9 Å². The zero-order valence-corrected chi connectivity index (χ0v) is 10.6. The summed E-state index contributed by atoms with van der Waals surface area (Å²) in [4.78, 5) is 7.09. The monoisotopic (exact) mass is 306 g/mol. The van der Waals surface area contributed by atoms with Crippen LogP contribution in [0.3, 0.4) is 0 Å². The van der Waals surface area contributed by atoms with Gasteiger partial charge in [0.2, 0.25) is 0 Å². The molecule has 0 atom stereocenters. The summed E-state index contributed by atoms with van der Waals surface area (Å²) in [7, 11) is 0. The summed E-state index contributed by atoms with van der Waals surface area (Å²) in [5, 5.41) is 0. The molecule has 0 bridgehead atoms. The van der Waals surface area contributed by atoms with Crippen LogP contribution in [0.15, 0.2) is 16.6 Å². The zero-order valence-electron chi connectivity index (χ0n) is 9.03. The van der Waals surface area contributed by atoms with E-state index in [1.165, 1.54) is 0 Å². The number of hydrogen-bond acceptors (Lipinski definition) is 1. The number of benzene rings is 1. The molecule has 0 amide bonds. The molecule has 0 aliphatic carbocycles. The smallest absolute Gasteiger partial charge is 0.342 e. The molecule has 0 spiro atoms. The van der Waals surface area contributed by atoms with Gasteiger partial charge in [-0.2, -0.15) is 13.2 Å². The van der Waals surface area contributed by atoms with Gasteiger partial charge in [-0.1, -0.05) is 15.9 Å². The third kappa shape index (κ3) is 3.00. The Morgan fingerprint density at radius 2 is 2.06 bits per heavy atom. The molecule has 0 aliphatic rings. The van der Waals surface area contributed by atoms with Gasteiger partial charge in [0.1, 0.15) is 5.82 Å². The van der Waals surface area contributed by atoms with E-state index in [4.69, 9.17) is 0 Å². The molecule has 1 N–H and O–H groups in total. The van der Waals surface area contributed by atoms with E-state index >= 15 is 0 Å². The Kier molecular flexibility index (Phi) is 3.16. The Bertz CT molecular complexity index is 545. The Hall–Kier alpha value is -1.04. The molecule has 0 aliphatic heterocycles. The van der Waals surface area contributed by atoms with Crippen molar-refractivity contribution in [2.24, 2.45) is 0 Å². The second kappa shape index (κ2) is 4.33. The van der Waals surface area contributed by atoms with Gasteiger partial charge in [-0.3, -0.25) is 0 Å². The maximum Gasteiger partial charge on any atom is 0.389 e. The zero-order chi connectivity index (χ0) is 12.6. The van der Waals surface area contributed by atoms with Crippen molar-refractivity contribution in [3.8, 4) is 0 Å². The number of halogens is 4. The van der Waals surface area contributed by atoms with Crippen LogP contribution in [0.5, 0.6) is 0 Å². The highest BCUT2D eigenvalue weighted by atomic mass is 79.9. The van der Waals surface area contributed by atoms with Crippen LogP contribution in [0.25, 0.3) is 11.0 Å². The van der Waals surface area contributed by atoms with E-state index in [-0.39, 0.29) is 6.42 Å². The third-order valence-corrected chi connectivity index (χ3v) is 2.89. The van der Waals surface area contributed by atoms with Gasteiger partial charge in [-0.05, 0) is 24.6 Å². The number of aryl methyl sites for hydroxylation is 2. The van der Waals surface area contributed by atoms with Crippen molar-refractivity contribution in [3.63, 3.8) is 0 Å². The van der Waals surface area contributed by atoms with E-state index in [0.717, 1.165) is 21.1 Å². The minimum atomic E-state index is -4.14. The van der Waals surface area contributed by atoms with E-state index in [2.05, 4.69) is 25.9 Å². The van der Waals surface area contributed by atoms with E-state index in [1.54, 1.807) is 0 Å². The summed E-state index contributed by atoms with van der Waals surface area (Å²) in [6, 6.07) is 3.70. The standard InChI is InChI=1S/C11H10BrF3N2/c1-6-4-7(12)5-8-10(6)17-9(16-8)2-3-11(13,14)15/h4-5H,2-3H2,1H3,(H,16,17). The maximum atomic E-state index is 12.1. The van der Waals surface area contributed by atoms with Crippen LogP contribution in [0.2, 0.25) is 0 Å². The first-order valence-corrected chi connectivity index (χ1v) is 5.86. The highest BCUT2D eigenvalue weighted by Gasteiger charge is 2.27. The lowest BCUT2D eigenvalue weighted by Crippen LogP contribution is -2.09. The van der Waals surface area contributed by atoms with Crippen molar-refractivity contribution in [2.75, 3.05) is 0 Å². The third-order valence-electron chi connectivity index (χ3n) is 2.44. The molecule has 2 aromatic rings. The van der Waals surface area contributed by atoms with Gasteiger partial charge in [0, 0.05) is 10.9 Å². The number of nitrogens with zero attached hydrogens (tertiary/aromatic N) is 1. The Morgan fingerprint density at radius 1 is 1.35 bits per heavy atom. The van der Waals surface area contributed by atoms with Gasteiger partial charge in [0.25, 0.3) is 0 Å². The van der Waals surface area contributed by atoms with Gasteiger partial charge in [0.15, 0.2) is 0 Å². The van der Waals surface area contributed by atoms with Crippen LogP contribution in [0, 0.1) is 6.92 Å². The number of rotatable bonds is 2. The lowest BCUT2D eigenvalue weighted by Gasteiger charge is -2.02. The number of aromatic amines is 1. The lowest BCUT2D eigenvalue weighted by molar-refractivity contribution is -0.134. The molecule has 92 valence electrons. The van der Waals surface area contributed by atoms with Gasteiger partial charge < -0.3 is 4.98 Å². The van der Waals surface area contributed by atoms with Crippen LogP contribution >= 0.6 is 15.9 Å². The fourth-order valence-corrected chi connectivity index (χ4v) is 2.25. The molecular formula is C11H10BrF3N2. The number of hydrogen-bond donors (Lipinski definition) is 1. The second-order valence-corrected chi connectivity index (χ2v) is 4.83. The molecule has 0 saturated heterocycles. The van der Waals surface area contributed by atoms with Crippen molar-refractivity contribution in [3.05, 3.63) is 28.0 Å². The summed E-state index contributed by atoms with van der Waals surface area (Å²) in [6.45, 7) is 1.88. The second-order valence-electron chi connectivity index (χ2n) is 3.92. The predicted octanol–water partition coefficient (Wildman–Crippen LogP) is 4.13. The quantitative estimate of drug-likeness (QED) is 0.888. The fourth-order valence-electron chi connectivity index (χ4n) is 1.68. The summed E-state index contributed by atoms with van der Waals surface area (Å²) < 4.78 is 37.2. The van der Waals surface area contributed by atoms with Gasteiger partial charge in [0.05, 0.1) is 17.5 Å². The molecule has 1 heterocycles. The molecule has 6 heteroatoms. The summed E-state index contributed by atoms with van der Waals surface area (Å²) in [6.07, 6.45) is -5.11. The number of fused-ring (bicyclic) bond motifs is 1. The Labute approximate surface area is 104 Å². The molecular weight excluding hydrogens is 297 g/mol. The van der Waals surface area contributed by atoms with E-state index in [0.29, 0.717) is 5.82 Å². The SMILES string of the molecule is Cc1cc(Br)cc2[nH]c(CCC(F)(F)F)nc12. The first kappa shape index (κ1) is 12.4. The van der Waals surface area contributed by atoms with Gasteiger partial charge >= 0.3 is 6.18 Å². The van der Waals surface area contributed by atoms with Crippen molar-refractivity contribution < 1.29 is 13.2 Å². The number of imidazole rings is 1. The van der Waals surface area contributed by atoms with Crippen molar-refractivity contribution >= 4 is 27.0 Å². The van der Waals surface area contributed by atoms with Crippen molar-refractivity contribution in [1.82, 2.24) is 9.97 Å². The minimum Gasteiger partial charge on any atom is -0.342 e. The number of H-pyrrole nitrogens is 1. The van der Waals surface area contributed by atoms with Gasteiger partial charge in [-0.25, -0.2) is 4.98 Å². The number of nitrogens with one attached hydrogen (secondary N) is 1. The molecule has 1 aromatic carbocycles. The number of alkyl halides is 3. The maximum absolute atomic E-state index is 12.1. The van der Waals surface area contributed by atoms with E-state index < -0.39 is 12.6 Å². The molecule has 1 aromatic heterocycles. The predicted molar refractivity (Wildman–Crippen MR) is 62.9 cm³/mol. The average Bonchev–Trinajstić information content (AvgIpc) is 2.56. The molecule has 0 unspecified atom stereocenters. The molecule has 2 rings (SSSR count). The van der Waals surface area contributed by atoms with Crippen LogP contribution in [-0.4, -0.2) is 16.1 Å². The van der Waals surface area contributed by atoms with Crippen LogP contribution in [-0.2, 0) is 6.42 Å². The Morgan fingerprint density at radius 3 is 2.71 bits per heavy atom. The fraction of sp³-hybridized carbons (Fsp3) is 0.364.